The van der Waals surface area contributed by atoms with Gasteiger partial charge in [-0.3, -0.25) is 0 Å². The number of hydrogen-bond acceptors (Lipinski definition) is 5. The van der Waals surface area contributed by atoms with Gasteiger partial charge in [-0.15, -0.1) is 0 Å². The Labute approximate surface area is 154 Å². The fraction of sp³-hybridized carbons (Fsp3) is 0.429. The highest BCUT2D eigenvalue weighted by Crippen LogP contribution is 2.42. The van der Waals surface area contributed by atoms with Crippen molar-refractivity contribution in [3.8, 4) is 16.9 Å². The summed E-state index contributed by atoms with van der Waals surface area (Å²) >= 11 is 0. The molecule has 0 amide bonds. The van der Waals surface area contributed by atoms with Gasteiger partial charge in [0.1, 0.15) is 16.9 Å². The third-order valence-electron chi connectivity index (χ3n) is 3.90. The Morgan fingerprint density at radius 1 is 0.808 bits per heavy atom. The summed E-state index contributed by atoms with van der Waals surface area (Å²) in [4.78, 5) is 25.4. The third-order valence-corrected chi connectivity index (χ3v) is 3.90. The fourth-order valence-corrected chi connectivity index (χ4v) is 2.70. The molecule has 0 spiro atoms. The summed E-state index contributed by atoms with van der Waals surface area (Å²) in [5.41, 5.74) is 1.83. The second-order valence-electron chi connectivity index (χ2n) is 5.88. The number of hydrogen-bond donors (Lipinski definition) is 0. The van der Waals surface area contributed by atoms with Crippen molar-refractivity contribution in [1.82, 2.24) is 0 Å². The molecule has 0 bridgehead atoms. The van der Waals surface area contributed by atoms with Crippen molar-refractivity contribution >= 4 is 11.9 Å². The van der Waals surface area contributed by atoms with Crippen molar-refractivity contribution in [3.05, 3.63) is 41.5 Å². The lowest BCUT2D eigenvalue weighted by molar-refractivity contribution is 0.0496. The van der Waals surface area contributed by atoms with Crippen molar-refractivity contribution in [2.45, 2.75) is 40.0 Å². The van der Waals surface area contributed by atoms with Gasteiger partial charge in [0.15, 0.2) is 0 Å². The Hall–Kier alpha value is -2.56. The van der Waals surface area contributed by atoms with Gasteiger partial charge in [0.2, 0.25) is 0 Å². The van der Waals surface area contributed by atoms with E-state index in [1.165, 1.54) is 0 Å². The first-order valence-corrected chi connectivity index (χ1v) is 9.17. The fourth-order valence-electron chi connectivity index (χ4n) is 2.70. The molecule has 0 unspecified atom stereocenters. The second-order valence-corrected chi connectivity index (χ2v) is 5.88. The third kappa shape index (κ3) is 4.34. The van der Waals surface area contributed by atoms with E-state index in [1.807, 2.05) is 39.0 Å². The van der Waals surface area contributed by atoms with Gasteiger partial charge in [0, 0.05) is 11.1 Å². The van der Waals surface area contributed by atoms with E-state index in [4.69, 9.17) is 14.2 Å². The number of unbranched alkanes of at least 4 members (excludes halogenated alkanes) is 1. The molecule has 0 aliphatic heterocycles. The molecule has 0 radical (unpaired) electrons. The largest absolute Gasteiger partial charge is 0.492 e. The molecular weight excluding hydrogens is 332 g/mol. The van der Waals surface area contributed by atoms with Crippen molar-refractivity contribution in [2.75, 3.05) is 19.8 Å². The molecule has 0 heterocycles. The molecule has 26 heavy (non-hydrogen) atoms. The minimum Gasteiger partial charge on any atom is -0.492 e. The predicted molar refractivity (Wildman–Crippen MR) is 100.0 cm³/mol. The highest BCUT2D eigenvalue weighted by molar-refractivity contribution is 6.12. The summed E-state index contributed by atoms with van der Waals surface area (Å²) in [5.74, 6) is -0.719. The van der Waals surface area contributed by atoms with Gasteiger partial charge in [-0.25, -0.2) is 9.59 Å². The van der Waals surface area contributed by atoms with Crippen molar-refractivity contribution < 1.29 is 23.8 Å². The average Bonchev–Trinajstić information content (AvgIpc) is 2.77. The number of carbonyl (C=O) groups excluding carboxylic acids is 2. The molecule has 0 saturated heterocycles. The highest BCUT2D eigenvalue weighted by Gasteiger charge is 2.33. The maximum atomic E-state index is 12.7. The van der Waals surface area contributed by atoms with Gasteiger partial charge < -0.3 is 14.2 Å². The maximum Gasteiger partial charge on any atom is 0.342 e. The van der Waals surface area contributed by atoms with Crippen LogP contribution >= 0.6 is 0 Å². The maximum absolute atomic E-state index is 12.7. The molecule has 140 valence electrons. The van der Waals surface area contributed by atoms with Crippen molar-refractivity contribution in [3.63, 3.8) is 0 Å². The van der Waals surface area contributed by atoms with Gasteiger partial charge in [0.25, 0.3) is 0 Å². The van der Waals surface area contributed by atoms with Crippen LogP contribution in [-0.2, 0) is 9.47 Å². The minimum atomic E-state index is -0.487. The van der Waals surface area contributed by atoms with Crippen molar-refractivity contribution in [2.24, 2.45) is 0 Å². The van der Waals surface area contributed by atoms with E-state index in [-0.39, 0.29) is 16.9 Å². The summed E-state index contributed by atoms with van der Waals surface area (Å²) in [6.45, 7) is 6.74. The molecule has 0 N–H and O–H groups in total. The Morgan fingerprint density at radius 2 is 1.38 bits per heavy atom. The predicted octanol–water partition coefficient (Wildman–Crippen LogP) is 4.71. The molecule has 0 fully saturated rings. The topological polar surface area (TPSA) is 61.8 Å². The zero-order chi connectivity index (χ0) is 18.9. The minimum absolute atomic E-state index is 0.247. The Balaban J connectivity index is 2.57. The monoisotopic (exact) mass is 358 g/mol. The van der Waals surface area contributed by atoms with Crippen LogP contribution in [0.3, 0.4) is 0 Å². The summed E-state index contributed by atoms with van der Waals surface area (Å²) in [6, 6.07) is 9.07. The van der Waals surface area contributed by atoms with Crippen LogP contribution in [0.25, 0.3) is 11.1 Å². The molecule has 5 heteroatoms. The van der Waals surface area contributed by atoms with Crippen LogP contribution in [-0.4, -0.2) is 31.8 Å². The molecule has 2 rings (SSSR count). The molecule has 2 aliphatic carbocycles. The van der Waals surface area contributed by atoms with Gasteiger partial charge in [0.05, 0.1) is 19.8 Å². The van der Waals surface area contributed by atoms with Crippen LogP contribution in [0.15, 0.2) is 30.3 Å². The molecule has 0 saturated carbocycles. The number of rotatable bonds is 9. The van der Waals surface area contributed by atoms with Crippen LogP contribution in [0.2, 0.25) is 0 Å². The van der Waals surface area contributed by atoms with Crippen LogP contribution in [0, 0.1) is 0 Å². The second kappa shape index (κ2) is 9.80. The van der Waals surface area contributed by atoms with E-state index in [2.05, 4.69) is 0 Å². The summed E-state index contributed by atoms with van der Waals surface area (Å²) in [6.07, 6.45) is 2.43. The lowest BCUT2D eigenvalue weighted by atomic mass is 10.1. The zero-order valence-electron chi connectivity index (χ0n) is 15.7. The molecule has 5 nitrogen and oxygen atoms in total. The number of esters is 2. The molecule has 0 aromatic heterocycles. The lowest BCUT2D eigenvalue weighted by Crippen LogP contribution is -2.10. The standard InChI is InChI=1S/C21H26O5/c1-4-7-14-26-21(23)18-16-12-10-8-9-11-15(16)17(19(18)24-6-3)20(22)25-13-5-2/h8-12H,4-7,13-14H2,1-3H3. The number of carbonyl (C=O) groups is 2. The van der Waals surface area contributed by atoms with Crippen LogP contribution in [0.1, 0.15) is 60.7 Å². The van der Waals surface area contributed by atoms with E-state index in [0.717, 1.165) is 12.8 Å². The average molecular weight is 358 g/mol. The SMILES string of the molecule is CCCCOC(=O)c1c2cccccc-2c(C(=O)OCCC)c1OCC. The van der Waals surface area contributed by atoms with E-state index < -0.39 is 11.9 Å². The van der Waals surface area contributed by atoms with E-state index in [0.29, 0.717) is 37.4 Å². The molecule has 2 aliphatic rings. The van der Waals surface area contributed by atoms with Gasteiger partial charge in [-0.05, 0) is 19.8 Å². The lowest BCUT2D eigenvalue weighted by Gasteiger charge is -2.09. The Kier molecular flexibility index (Phi) is 7.45. The smallest absolute Gasteiger partial charge is 0.342 e. The quantitative estimate of drug-likeness (QED) is 0.480. The van der Waals surface area contributed by atoms with Gasteiger partial charge >= 0.3 is 11.9 Å². The van der Waals surface area contributed by atoms with Crippen LogP contribution < -0.4 is 4.74 Å². The van der Waals surface area contributed by atoms with E-state index in [9.17, 15) is 9.59 Å². The molecular formula is C21H26O5. The van der Waals surface area contributed by atoms with Gasteiger partial charge in [-0.2, -0.15) is 0 Å². The number of fused-ring (bicyclic) bond motifs is 1. The van der Waals surface area contributed by atoms with E-state index in [1.54, 1.807) is 12.1 Å². The molecule has 0 aromatic carbocycles. The zero-order valence-corrected chi connectivity index (χ0v) is 15.7. The molecule has 0 atom stereocenters. The first-order valence-electron chi connectivity index (χ1n) is 9.17. The Morgan fingerprint density at radius 3 is 1.88 bits per heavy atom. The first-order chi connectivity index (χ1) is 12.7. The van der Waals surface area contributed by atoms with E-state index >= 15 is 0 Å². The summed E-state index contributed by atoms with van der Waals surface area (Å²) in [5, 5.41) is 0. The summed E-state index contributed by atoms with van der Waals surface area (Å²) < 4.78 is 16.4. The normalized spacial score (nSPS) is 10.6. The summed E-state index contributed by atoms with van der Waals surface area (Å²) in [7, 11) is 0. The Bertz CT molecular complexity index is 723. The first kappa shape index (κ1) is 19.8. The molecule has 0 aromatic rings. The van der Waals surface area contributed by atoms with Crippen LogP contribution in [0.5, 0.6) is 5.75 Å². The van der Waals surface area contributed by atoms with Gasteiger partial charge in [-0.1, -0.05) is 50.6 Å². The highest BCUT2D eigenvalue weighted by atomic mass is 16.5. The van der Waals surface area contributed by atoms with Crippen molar-refractivity contribution in [1.29, 1.82) is 0 Å². The van der Waals surface area contributed by atoms with Crippen LogP contribution in [0.4, 0.5) is 0 Å². The number of ether oxygens (including phenoxy) is 3.